The Bertz CT molecular complexity index is 1660. The molecule has 2 aromatic carbocycles. The summed E-state index contributed by atoms with van der Waals surface area (Å²) in [6.07, 6.45) is 6.98. The molecule has 2 aliphatic carbocycles. The summed E-state index contributed by atoms with van der Waals surface area (Å²) in [5.74, 6) is -0.0484. The first-order chi connectivity index (χ1) is 22.2. The number of aryl methyl sites for hydroxylation is 1. The minimum Gasteiger partial charge on any atom is -0.448 e. The van der Waals surface area contributed by atoms with E-state index in [2.05, 4.69) is 57.4 Å². The third-order valence-electron chi connectivity index (χ3n) is 10.3. The van der Waals surface area contributed by atoms with Crippen LogP contribution in [-0.2, 0) is 15.9 Å². The summed E-state index contributed by atoms with van der Waals surface area (Å²) >= 11 is 0. The first kappa shape index (κ1) is 29.5. The van der Waals surface area contributed by atoms with Crippen molar-refractivity contribution < 1.29 is 23.5 Å². The van der Waals surface area contributed by atoms with Crippen LogP contribution < -0.4 is 15.1 Å². The van der Waals surface area contributed by atoms with E-state index in [9.17, 15) is 9.59 Å². The molecule has 3 aliphatic heterocycles. The van der Waals surface area contributed by atoms with Crippen molar-refractivity contribution >= 4 is 28.9 Å². The standard InChI is InChI=1S/C36H43N5O5/c1-22-7-4-5-8-28(22)39-15-17-40(18-16-39)30-19-24-13-14-41(29-9-6-10-31-32(29)46-36(2,3)45-31)35(43)25(24)20-26(30)37-33(42)27-21-44-34(38-27)23-11-12-23/h4-5,7-8,19-21,23,29,31-32H,6,9-18H2,1-3H3,(H,37,42)/t29?,31-,32+/m0/s1. The van der Waals surface area contributed by atoms with Crippen molar-refractivity contribution in [2.45, 2.75) is 89.3 Å². The molecule has 3 aromatic rings. The molecule has 46 heavy (non-hydrogen) atoms. The summed E-state index contributed by atoms with van der Waals surface area (Å²) in [5.41, 5.74) is 6.01. The Labute approximate surface area is 270 Å². The molecule has 4 heterocycles. The molecule has 242 valence electrons. The van der Waals surface area contributed by atoms with E-state index in [1.54, 1.807) is 0 Å². The lowest BCUT2D eigenvalue weighted by atomic mass is 9.86. The van der Waals surface area contributed by atoms with E-state index in [1.807, 2.05) is 24.8 Å². The highest BCUT2D eigenvalue weighted by Crippen LogP contribution is 2.42. The Balaban J connectivity index is 1.08. The van der Waals surface area contributed by atoms with Gasteiger partial charge in [0, 0.05) is 49.9 Å². The number of benzene rings is 2. The predicted octanol–water partition coefficient (Wildman–Crippen LogP) is 5.51. The Morgan fingerprint density at radius 2 is 1.72 bits per heavy atom. The average molecular weight is 626 g/mol. The van der Waals surface area contributed by atoms with Gasteiger partial charge in [0.25, 0.3) is 11.8 Å². The van der Waals surface area contributed by atoms with Gasteiger partial charge in [-0.3, -0.25) is 9.59 Å². The van der Waals surface area contributed by atoms with E-state index in [1.165, 1.54) is 17.5 Å². The van der Waals surface area contributed by atoms with Crippen molar-refractivity contribution in [3.8, 4) is 0 Å². The van der Waals surface area contributed by atoms with Gasteiger partial charge in [0.1, 0.15) is 12.4 Å². The zero-order valence-electron chi connectivity index (χ0n) is 27.0. The third-order valence-corrected chi connectivity index (χ3v) is 10.3. The summed E-state index contributed by atoms with van der Waals surface area (Å²) in [7, 11) is 0. The lowest BCUT2D eigenvalue weighted by Gasteiger charge is -2.42. The average Bonchev–Trinajstić information content (AvgIpc) is 3.67. The van der Waals surface area contributed by atoms with Crippen LogP contribution in [0.2, 0.25) is 0 Å². The van der Waals surface area contributed by atoms with E-state index in [-0.39, 0.29) is 35.8 Å². The van der Waals surface area contributed by atoms with Crippen molar-refractivity contribution in [1.29, 1.82) is 0 Å². The Kier molecular flexibility index (Phi) is 7.32. The number of carbonyl (C=O) groups excluding carboxylic acids is 2. The summed E-state index contributed by atoms with van der Waals surface area (Å²) in [6.45, 7) is 10.0. The van der Waals surface area contributed by atoms with E-state index in [0.717, 1.165) is 76.0 Å². The number of hydrogen-bond donors (Lipinski definition) is 1. The highest BCUT2D eigenvalue weighted by atomic mass is 16.8. The maximum Gasteiger partial charge on any atom is 0.277 e. The van der Waals surface area contributed by atoms with E-state index in [4.69, 9.17) is 13.9 Å². The van der Waals surface area contributed by atoms with Gasteiger partial charge in [0.2, 0.25) is 0 Å². The SMILES string of the molecule is Cc1ccccc1N1CCN(c2cc3c(cc2NC(=O)c2coc(C4CC4)n2)C(=O)N(C2CCC[C@@H]4OC(C)(C)O[C@H]24)CC3)CC1. The lowest BCUT2D eigenvalue weighted by molar-refractivity contribution is -0.149. The molecule has 2 saturated heterocycles. The van der Waals surface area contributed by atoms with Crippen LogP contribution in [0.5, 0.6) is 0 Å². The van der Waals surface area contributed by atoms with E-state index >= 15 is 0 Å². The van der Waals surface area contributed by atoms with Crippen LogP contribution in [0.25, 0.3) is 0 Å². The number of para-hydroxylation sites is 1. The molecule has 3 atom stereocenters. The summed E-state index contributed by atoms with van der Waals surface area (Å²) in [4.78, 5) is 39.0. The number of aromatic nitrogens is 1. The number of fused-ring (bicyclic) bond motifs is 2. The first-order valence-electron chi connectivity index (χ1n) is 16.9. The highest BCUT2D eigenvalue weighted by molar-refractivity contribution is 6.06. The Hall–Kier alpha value is -3.89. The second kappa shape index (κ2) is 11.4. The molecule has 2 saturated carbocycles. The number of ether oxygens (including phenoxy) is 2. The van der Waals surface area contributed by atoms with Crippen molar-refractivity contribution in [3.05, 3.63) is 70.9 Å². The Morgan fingerprint density at radius 3 is 2.48 bits per heavy atom. The number of piperazine rings is 1. The number of rotatable bonds is 6. The van der Waals surface area contributed by atoms with Crippen LogP contribution >= 0.6 is 0 Å². The summed E-state index contributed by atoms with van der Waals surface area (Å²) in [5, 5.41) is 3.13. The molecular weight excluding hydrogens is 582 g/mol. The van der Waals surface area contributed by atoms with E-state index in [0.29, 0.717) is 29.6 Å². The monoisotopic (exact) mass is 625 g/mol. The quantitative estimate of drug-likeness (QED) is 0.383. The van der Waals surface area contributed by atoms with Crippen LogP contribution in [0.1, 0.15) is 89.7 Å². The fraction of sp³-hybridized carbons (Fsp3) is 0.528. The van der Waals surface area contributed by atoms with Gasteiger partial charge in [-0.1, -0.05) is 18.2 Å². The molecule has 4 fully saturated rings. The normalized spacial score (nSPS) is 25.8. The fourth-order valence-electron chi connectivity index (χ4n) is 7.85. The predicted molar refractivity (Wildman–Crippen MR) is 175 cm³/mol. The number of oxazole rings is 1. The molecule has 1 N–H and O–H groups in total. The topological polar surface area (TPSA) is 100 Å². The number of hydrogen-bond acceptors (Lipinski definition) is 8. The molecule has 10 nitrogen and oxygen atoms in total. The molecular formula is C36H43N5O5. The minimum atomic E-state index is -0.648. The smallest absolute Gasteiger partial charge is 0.277 e. The summed E-state index contributed by atoms with van der Waals surface area (Å²) < 4.78 is 18.2. The molecule has 0 radical (unpaired) electrons. The van der Waals surface area contributed by atoms with Crippen molar-refractivity contribution in [2.75, 3.05) is 47.8 Å². The second-order valence-electron chi connectivity index (χ2n) is 14.0. The summed E-state index contributed by atoms with van der Waals surface area (Å²) in [6, 6.07) is 12.5. The third kappa shape index (κ3) is 5.45. The Morgan fingerprint density at radius 1 is 0.957 bits per heavy atom. The largest absolute Gasteiger partial charge is 0.448 e. The maximum atomic E-state index is 14.2. The number of anilines is 3. The first-order valence-corrected chi connectivity index (χ1v) is 16.9. The van der Waals surface area contributed by atoms with Gasteiger partial charge >= 0.3 is 0 Å². The second-order valence-corrected chi connectivity index (χ2v) is 14.0. The molecule has 8 rings (SSSR count). The molecule has 1 aromatic heterocycles. The van der Waals surface area contributed by atoms with Crippen LogP contribution in [0.3, 0.4) is 0 Å². The van der Waals surface area contributed by atoms with Crippen LogP contribution in [0.4, 0.5) is 17.1 Å². The van der Waals surface area contributed by atoms with E-state index < -0.39 is 5.79 Å². The molecule has 5 aliphatic rings. The minimum absolute atomic E-state index is 0.00139. The van der Waals surface area contributed by atoms with Crippen LogP contribution in [0, 0.1) is 6.92 Å². The van der Waals surface area contributed by atoms with Crippen LogP contribution in [0.15, 0.2) is 47.1 Å². The zero-order chi connectivity index (χ0) is 31.6. The lowest BCUT2D eigenvalue weighted by Crippen LogP contribution is -2.54. The molecule has 0 bridgehead atoms. The molecule has 0 spiro atoms. The molecule has 1 unspecified atom stereocenters. The van der Waals surface area contributed by atoms with Gasteiger partial charge in [-0.15, -0.1) is 0 Å². The maximum absolute atomic E-state index is 14.2. The molecule has 10 heteroatoms. The molecule has 2 amide bonds. The van der Waals surface area contributed by atoms with Gasteiger partial charge in [0.05, 0.1) is 23.5 Å². The van der Waals surface area contributed by atoms with Gasteiger partial charge in [0.15, 0.2) is 17.4 Å². The number of nitrogens with one attached hydrogen (secondary N) is 1. The zero-order valence-corrected chi connectivity index (χ0v) is 27.0. The van der Waals surface area contributed by atoms with Gasteiger partial charge in [-0.2, -0.15) is 0 Å². The number of carbonyl (C=O) groups is 2. The number of amides is 2. The van der Waals surface area contributed by atoms with Gasteiger partial charge in [-0.25, -0.2) is 4.98 Å². The van der Waals surface area contributed by atoms with Crippen LogP contribution in [-0.4, -0.2) is 78.5 Å². The van der Waals surface area contributed by atoms with Crippen molar-refractivity contribution in [2.24, 2.45) is 0 Å². The highest BCUT2D eigenvalue weighted by Gasteiger charge is 2.50. The van der Waals surface area contributed by atoms with Crippen molar-refractivity contribution in [3.63, 3.8) is 0 Å². The number of nitrogens with zero attached hydrogens (tertiary/aromatic N) is 4. The van der Waals surface area contributed by atoms with Gasteiger partial charge < -0.3 is 33.9 Å². The van der Waals surface area contributed by atoms with Gasteiger partial charge in [-0.05, 0) is 88.6 Å². The van der Waals surface area contributed by atoms with Crippen molar-refractivity contribution in [1.82, 2.24) is 9.88 Å². The fourth-order valence-corrected chi connectivity index (χ4v) is 7.85.